The zero-order valence-electron chi connectivity index (χ0n) is 18.7. The highest BCUT2D eigenvalue weighted by Crippen LogP contribution is 2.50. The largest absolute Gasteiger partial charge is 0.336 e. The van der Waals surface area contributed by atoms with E-state index in [0.29, 0.717) is 0 Å². The number of rotatable bonds is 2. The van der Waals surface area contributed by atoms with Gasteiger partial charge in [0.25, 0.3) is 0 Å². The summed E-state index contributed by atoms with van der Waals surface area (Å²) in [6, 6.07) is 29.6. The lowest BCUT2D eigenvalue weighted by Gasteiger charge is -2.21. The second kappa shape index (κ2) is 6.34. The van der Waals surface area contributed by atoms with Crippen molar-refractivity contribution >= 4 is 21.8 Å². The molecule has 31 heavy (non-hydrogen) atoms. The highest BCUT2D eigenvalue weighted by Gasteiger charge is 2.35. The molecule has 1 aromatic heterocycles. The molecule has 0 fully saturated rings. The number of nitrogens with zero attached hydrogens (tertiary/aromatic N) is 1. The molecule has 0 spiro atoms. The average Bonchev–Trinajstić information content (AvgIpc) is 3.16. The Morgan fingerprint density at radius 3 is 2.16 bits per heavy atom. The van der Waals surface area contributed by atoms with Gasteiger partial charge in [-0.25, -0.2) is 0 Å². The van der Waals surface area contributed by atoms with Gasteiger partial charge in [0.1, 0.15) is 0 Å². The van der Waals surface area contributed by atoms with E-state index < -0.39 is 0 Å². The fraction of sp³-hybridized carbons (Fsp3) is 0.200. The smallest absolute Gasteiger partial charge is 0.0498 e. The molecule has 0 radical (unpaired) electrons. The van der Waals surface area contributed by atoms with Gasteiger partial charge >= 0.3 is 0 Å². The molecule has 0 N–H and O–H groups in total. The van der Waals surface area contributed by atoms with Gasteiger partial charge in [-0.15, -0.1) is 0 Å². The third-order valence-electron chi connectivity index (χ3n) is 7.10. The first-order chi connectivity index (χ1) is 14.9. The maximum atomic E-state index is 2.51. The molecule has 1 nitrogen and oxygen atoms in total. The number of para-hydroxylation sites is 1. The average molecular weight is 402 g/mol. The van der Waals surface area contributed by atoms with Crippen LogP contribution in [0.3, 0.4) is 0 Å². The van der Waals surface area contributed by atoms with Crippen molar-refractivity contribution in [3.8, 4) is 11.1 Å². The van der Waals surface area contributed by atoms with Gasteiger partial charge in [-0.1, -0.05) is 85.6 Å². The van der Waals surface area contributed by atoms with Crippen LogP contribution in [0.15, 0.2) is 78.9 Å². The summed E-state index contributed by atoms with van der Waals surface area (Å²) in [6.45, 7) is 9.99. The summed E-state index contributed by atoms with van der Waals surface area (Å²) in [6.07, 6.45) is 0. The van der Waals surface area contributed by atoms with E-state index in [9.17, 15) is 0 Å². The van der Waals surface area contributed by atoms with E-state index >= 15 is 0 Å². The maximum absolute atomic E-state index is 2.51. The summed E-state index contributed by atoms with van der Waals surface area (Å²) in [5.41, 5.74) is 12.3. The number of hydrogen-bond donors (Lipinski definition) is 0. The lowest BCUT2D eigenvalue weighted by molar-refractivity contribution is 0.660. The first kappa shape index (κ1) is 18.4. The summed E-state index contributed by atoms with van der Waals surface area (Å²) in [5, 5.41) is 2.69. The molecule has 0 saturated heterocycles. The van der Waals surface area contributed by atoms with Crippen LogP contribution in [0, 0.1) is 13.8 Å². The minimum absolute atomic E-state index is 0.0152. The second-order valence-electron chi connectivity index (χ2n) is 9.68. The van der Waals surface area contributed by atoms with E-state index in [1.54, 1.807) is 0 Å². The quantitative estimate of drug-likeness (QED) is 0.285. The summed E-state index contributed by atoms with van der Waals surface area (Å²) in [5.74, 6) is 0. The molecule has 0 amide bonds. The van der Waals surface area contributed by atoms with Gasteiger partial charge in [-0.05, 0) is 59.9 Å². The zero-order chi connectivity index (χ0) is 21.3. The number of fused-ring (bicyclic) bond motifs is 6. The van der Waals surface area contributed by atoms with Crippen molar-refractivity contribution in [3.05, 3.63) is 107 Å². The zero-order valence-corrected chi connectivity index (χ0v) is 18.7. The Kier molecular flexibility index (Phi) is 3.77. The van der Waals surface area contributed by atoms with E-state index in [4.69, 9.17) is 0 Å². The van der Waals surface area contributed by atoms with Crippen molar-refractivity contribution in [3.63, 3.8) is 0 Å². The Bertz CT molecular complexity index is 1480. The van der Waals surface area contributed by atoms with Crippen LogP contribution in [-0.4, -0.2) is 4.57 Å². The third kappa shape index (κ3) is 2.63. The minimum atomic E-state index is 0.0152. The van der Waals surface area contributed by atoms with Gasteiger partial charge in [-0.3, -0.25) is 0 Å². The van der Waals surface area contributed by atoms with Crippen LogP contribution in [0.5, 0.6) is 0 Å². The van der Waals surface area contributed by atoms with E-state index in [2.05, 4.69) is 111 Å². The van der Waals surface area contributed by atoms with Crippen molar-refractivity contribution in [1.29, 1.82) is 0 Å². The van der Waals surface area contributed by atoms with Crippen LogP contribution >= 0.6 is 0 Å². The van der Waals surface area contributed by atoms with Crippen molar-refractivity contribution in [2.24, 2.45) is 0 Å². The van der Waals surface area contributed by atoms with Crippen LogP contribution < -0.4 is 0 Å². The Morgan fingerprint density at radius 1 is 0.645 bits per heavy atom. The van der Waals surface area contributed by atoms with Crippen molar-refractivity contribution in [1.82, 2.24) is 4.57 Å². The molecule has 5 aromatic rings. The van der Waals surface area contributed by atoms with Crippen molar-refractivity contribution in [2.45, 2.75) is 39.7 Å². The molecule has 0 bridgehead atoms. The Balaban J connectivity index is 1.66. The normalized spacial score (nSPS) is 14.2. The second-order valence-corrected chi connectivity index (χ2v) is 9.68. The molecule has 0 saturated carbocycles. The SMILES string of the molecule is Cc1cc(C)cc(Cn2c3ccccc3c3cc4c(cc32)C(C)(C)c2ccccc2-4)c1. The van der Waals surface area contributed by atoms with Gasteiger partial charge in [0.05, 0.1) is 0 Å². The Labute approximate surface area is 184 Å². The molecule has 0 aliphatic heterocycles. The molecular weight excluding hydrogens is 374 g/mol. The minimum Gasteiger partial charge on any atom is -0.336 e. The fourth-order valence-electron chi connectivity index (χ4n) is 5.76. The fourth-order valence-corrected chi connectivity index (χ4v) is 5.76. The van der Waals surface area contributed by atoms with E-state index in [0.717, 1.165) is 6.54 Å². The number of aryl methyl sites for hydroxylation is 2. The number of hydrogen-bond acceptors (Lipinski definition) is 0. The molecule has 1 aliphatic rings. The molecule has 0 atom stereocenters. The first-order valence-electron chi connectivity index (χ1n) is 11.2. The van der Waals surface area contributed by atoms with Crippen LogP contribution in [0.2, 0.25) is 0 Å². The summed E-state index contributed by atoms with van der Waals surface area (Å²) in [4.78, 5) is 0. The van der Waals surface area contributed by atoms with Crippen LogP contribution in [0.1, 0.15) is 41.7 Å². The van der Waals surface area contributed by atoms with Gasteiger partial charge in [0.2, 0.25) is 0 Å². The summed E-state index contributed by atoms with van der Waals surface area (Å²) >= 11 is 0. The van der Waals surface area contributed by atoms with Crippen molar-refractivity contribution in [2.75, 3.05) is 0 Å². The molecule has 6 rings (SSSR count). The van der Waals surface area contributed by atoms with Gasteiger partial charge < -0.3 is 4.57 Å². The van der Waals surface area contributed by atoms with Crippen LogP contribution in [0.25, 0.3) is 32.9 Å². The molecule has 152 valence electrons. The lowest BCUT2D eigenvalue weighted by Crippen LogP contribution is -2.15. The van der Waals surface area contributed by atoms with E-state index in [-0.39, 0.29) is 5.41 Å². The molecule has 1 aliphatic carbocycles. The maximum Gasteiger partial charge on any atom is 0.0498 e. The summed E-state index contributed by atoms with van der Waals surface area (Å²) < 4.78 is 2.51. The molecule has 0 unspecified atom stereocenters. The van der Waals surface area contributed by atoms with Crippen LogP contribution in [0.4, 0.5) is 0 Å². The third-order valence-corrected chi connectivity index (χ3v) is 7.10. The predicted octanol–water partition coefficient (Wildman–Crippen LogP) is 7.77. The van der Waals surface area contributed by atoms with E-state index in [1.807, 2.05) is 0 Å². The number of benzene rings is 4. The molecule has 1 heterocycles. The Morgan fingerprint density at radius 2 is 1.35 bits per heavy atom. The van der Waals surface area contributed by atoms with Gasteiger partial charge in [0.15, 0.2) is 0 Å². The highest BCUT2D eigenvalue weighted by atomic mass is 15.0. The summed E-state index contributed by atoms with van der Waals surface area (Å²) in [7, 11) is 0. The first-order valence-corrected chi connectivity index (χ1v) is 11.2. The van der Waals surface area contributed by atoms with Crippen molar-refractivity contribution < 1.29 is 0 Å². The topological polar surface area (TPSA) is 4.93 Å². The predicted molar refractivity (Wildman–Crippen MR) is 132 cm³/mol. The monoisotopic (exact) mass is 401 g/mol. The lowest BCUT2D eigenvalue weighted by atomic mass is 9.82. The molecule has 1 heteroatoms. The van der Waals surface area contributed by atoms with Gasteiger partial charge in [0, 0.05) is 33.8 Å². The van der Waals surface area contributed by atoms with Crippen LogP contribution in [-0.2, 0) is 12.0 Å². The standard InChI is InChI=1S/C30H27N/c1-19-13-20(2)15-21(14-19)18-31-28-12-8-6-10-23(28)25-16-24-22-9-5-7-11-26(22)30(3,4)27(24)17-29(25)31/h5-17H,18H2,1-4H3. The highest BCUT2D eigenvalue weighted by molar-refractivity contribution is 6.10. The molecular formula is C30H27N. The number of aromatic nitrogens is 1. The molecule has 4 aromatic carbocycles. The van der Waals surface area contributed by atoms with E-state index in [1.165, 1.54) is 60.8 Å². The Hall–Kier alpha value is -3.32. The van der Waals surface area contributed by atoms with Gasteiger partial charge in [-0.2, -0.15) is 0 Å².